The predicted octanol–water partition coefficient (Wildman–Crippen LogP) is 2.66. The molecule has 0 radical (unpaired) electrons. The van der Waals surface area contributed by atoms with Crippen LogP contribution in [-0.4, -0.2) is 66.3 Å². The monoisotopic (exact) mass is 340 g/mol. The average Bonchev–Trinajstić information content (AvgIpc) is 3.03. The first-order valence-corrected chi connectivity index (χ1v) is 9.18. The summed E-state index contributed by atoms with van der Waals surface area (Å²) in [7, 11) is 0. The SMILES string of the molecule is CCN(C[C@H]1CCOC1)C(=O)[C@@H]1CCCCN1C(=O)OC(C)(C)C. The molecule has 138 valence electrons. The largest absolute Gasteiger partial charge is 0.444 e. The van der Waals surface area contributed by atoms with Crippen molar-refractivity contribution in [2.75, 3.05) is 32.8 Å². The summed E-state index contributed by atoms with van der Waals surface area (Å²) in [5, 5.41) is 0. The molecule has 0 aromatic carbocycles. The molecule has 0 N–H and O–H groups in total. The number of hydrogen-bond donors (Lipinski definition) is 0. The molecule has 2 fully saturated rings. The maximum absolute atomic E-state index is 13.0. The minimum atomic E-state index is -0.548. The van der Waals surface area contributed by atoms with Crippen LogP contribution in [0.2, 0.25) is 0 Å². The smallest absolute Gasteiger partial charge is 0.410 e. The standard InChI is InChI=1S/C18H32N2O4/c1-5-19(12-14-9-11-23-13-14)16(21)15-8-6-7-10-20(15)17(22)24-18(2,3)4/h14-15H,5-13H2,1-4H3/t14-,15+/m1/s1. The highest BCUT2D eigenvalue weighted by Gasteiger charge is 2.37. The molecule has 0 aromatic heterocycles. The lowest BCUT2D eigenvalue weighted by atomic mass is 10.0. The Labute approximate surface area is 145 Å². The summed E-state index contributed by atoms with van der Waals surface area (Å²) in [6.07, 6.45) is 3.24. The fraction of sp³-hybridized carbons (Fsp3) is 0.889. The summed E-state index contributed by atoms with van der Waals surface area (Å²) in [5.41, 5.74) is -0.548. The Balaban J connectivity index is 2.03. The van der Waals surface area contributed by atoms with Gasteiger partial charge in [-0.15, -0.1) is 0 Å². The second-order valence-electron chi connectivity index (χ2n) is 7.79. The van der Waals surface area contributed by atoms with E-state index in [1.165, 1.54) is 0 Å². The molecule has 24 heavy (non-hydrogen) atoms. The predicted molar refractivity (Wildman–Crippen MR) is 91.8 cm³/mol. The van der Waals surface area contributed by atoms with Gasteiger partial charge in [-0.25, -0.2) is 4.79 Å². The highest BCUT2D eigenvalue weighted by Crippen LogP contribution is 2.23. The zero-order valence-corrected chi connectivity index (χ0v) is 15.5. The number of ether oxygens (including phenoxy) is 2. The van der Waals surface area contributed by atoms with Crippen LogP contribution in [0.15, 0.2) is 0 Å². The van der Waals surface area contributed by atoms with Gasteiger partial charge in [0.05, 0.1) is 6.61 Å². The molecule has 6 heteroatoms. The third-order valence-corrected chi connectivity index (χ3v) is 4.61. The van der Waals surface area contributed by atoms with Crippen LogP contribution >= 0.6 is 0 Å². The maximum Gasteiger partial charge on any atom is 0.410 e. The molecular formula is C18H32N2O4. The van der Waals surface area contributed by atoms with Gasteiger partial charge in [0.2, 0.25) is 5.91 Å². The molecule has 2 aliphatic heterocycles. The fourth-order valence-corrected chi connectivity index (χ4v) is 3.35. The van der Waals surface area contributed by atoms with E-state index in [0.29, 0.717) is 25.6 Å². The summed E-state index contributed by atoms with van der Waals surface area (Å²) in [6.45, 7) is 11.0. The summed E-state index contributed by atoms with van der Waals surface area (Å²) in [4.78, 5) is 29.0. The molecule has 0 bridgehead atoms. The van der Waals surface area contributed by atoms with E-state index in [1.54, 1.807) is 4.90 Å². The zero-order valence-electron chi connectivity index (χ0n) is 15.5. The van der Waals surface area contributed by atoms with Gasteiger partial charge in [0.1, 0.15) is 11.6 Å². The molecule has 0 unspecified atom stereocenters. The van der Waals surface area contributed by atoms with E-state index in [0.717, 1.165) is 38.9 Å². The Kier molecular flexibility index (Phi) is 6.49. The van der Waals surface area contributed by atoms with E-state index in [4.69, 9.17) is 9.47 Å². The average molecular weight is 340 g/mol. The molecule has 2 amide bonds. The van der Waals surface area contributed by atoms with Crippen molar-refractivity contribution >= 4 is 12.0 Å². The molecular weight excluding hydrogens is 308 g/mol. The Morgan fingerprint density at radius 3 is 2.58 bits per heavy atom. The van der Waals surface area contributed by atoms with Crippen LogP contribution in [0.4, 0.5) is 4.79 Å². The first-order chi connectivity index (χ1) is 11.3. The quantitative estimate of drug-likeness (QED) is 0.789. The van der Waals surface area contributed by atoms with Gasteiger partial charge in [0.15, 0.2) is 0 Å². The second-order valence-corrected chi connectivity index (χ2v) is 7.79. The van der Waals surface area contributed by atoms with E-state index in [9.17, 15) is 9.59 Å². The lowest BCUT2D eigenvalue weighted by molar-refractivity contribution is -0.138. The second kappa shape index (κ2) is 8.19. The van der Waals surface area contributed by atoms with Crippen LogP contribution in [0.1, 0.15) is 53.4 Å². The third-order valence-electron chi connectivity index (χ3n) is 4.61. The number of rotatable bonds is 4. The maximum atomic E-state index is 13.0. The van der Waals surface area contributed by atoms with Crippen LogP contribution in [0, 0.1) is 5.92 Å². The Morgan fingerprint density at radius 1 is 1.25 bits per heavy atom. The molecule has 2 aliphatic rings. The Hall–Kier alpha value is -1.30. The third kappa shape index (κ3) is 5.10. The zero-order chi connectivity index (χ0) is 17.7. The number of likely N-dealkylation sites (N-methyl/N-ethyl adjacent to an activating group) is 1. The molecule has 2 atom stereocenters. The van der Waals surface area contributed by atoms with Gasteiger partial charge in [0.25, 0.3) is 0 Å². The van der Waals surface area contributed by atoms with Crippen molar-refractivity contribution in [2.24, 2.45) is 5.92 Å². The molecule has 2 rings (SSSR count). The van der Waals surface area contributed by atoms with E-state index < -0.39 is 11.6 Å². The molecule has 0 spiro atoms. The number of hydrogen-bond acceptors (Lipinski definition) is 4. The van der Waals surface area contributed by atoms with Gasteiger partial charge in [-0.2, -0.15) is 0 Å². The first-order valence-electron chi connectivity index (χ1n) is 9.18. The van der Waals surface area contributed by atoms with Gasteiger partial charge in [-0.1, -0.05) is 0 Å². The summed E-state index contributed by atoms with van der Waals surface area (Å²) in [6, 6.07) is -0.393. The van der Waals surface area contributed by atoms with Crippen molar-refractivity contribution in [1.29, 1.82) is 0 Å². The highest BCUT2D eigenvalue weighted by atomic mass is 16.6. The van der Waals surface area contributed by atoms with Crippen LogP contribution in [0.25, 0.3) is 0 Å². The number of amides is 2. The van der Waals surface area contributed by atoms with Gasteiger partial charge in [-0.05, 0) is 53.4 Å². The number of nitrogens with zero attached hydrogens (tertiary/aromatic N) is 2. The molecule has 0 saturated carbocycles. The molecule has 0 aromatic rings. The van der Waals surface area contributed by atoms with Crippen molar-refractivity contribution in [3.63, 3.8) is 0 Å². The highest BCUT2D eigenvalue weighted by molar-refractivity contribution is 5.86. The fourth-order valence-electron chi connectivity index (χ4n) is 3.35. The van der Waals surface area contributed by atoms with Crippen LogP contribution in [0.3, 0.4) is 0 Å². The number of piperidine rings is 1. The molecule has 2 saturated heterocycles. The van der Waals surface area contributed by atoms with Crippen molar-refractivity contribution in [2.45, 2.75) is 65.0 Å². The Bertz CT molecular complexity index is 441. The van der Waals surface area contributed by atoms with Gasteiger partial charge < -0.3 is 14.4 Å². The lowest BCUT2D eigenvalue weighted by Crippen LogP contribution is -2.54. The summed E-state index contributed by atoms with van der Waals surface area (Å²) < 4.78 is 10.9. The van der Waals surface area contributed by atoms with E-state index >= 15 is 0 Å². The van der Waals surface area contributed by atoms with E-state index in [1.807, 2.05) is 32.6 Å². The molecule has 6 nitrogen and oxygen atoms in total. The van der Waals surface area contributed by atoms with Gasteiger partial charge in [0, 0.05) is 32.2 Å². The van der Waals surface area contributed by atoms with Crippen molar-refractivity contribution < 1.29 is 19.1 Å². The van der Waals surface area contributed by atoms with E-state index in [-0.39, 0.29) is 12.0 Å². The molecule has 2 heterocycles. The van der Waals surface area contributed by atoms with Crippen LogP contribution in [0.5, 0.6) is 0 Å². The lowest BCUT2D eigenvalue weighted by Gasteiger charge is -2.38. The van der Waals surface area contributed by atoms with E-state index in [2.05, 4.69) is 0 Å². The number of carbonyl (C=O) groups excluding carboxylic acids is 2. The van der Waals surface area contributed by atoms with Crippen molar-refractivity contribution in [1.82, 2.24) is 9.80 Å². The molecule has 0 aliphatic carbocycles. The number of likely N-dealkylation sites (tertiary alicyclic amines) is 1. The Morgan fingerprint density at radius 2 is 2.00 bits per heavy atom. The first kappa shape index (κ1) is 19.0. The summed E-state index contributed by atoms with van der Waals surface area (Å²) >= 11 is 0. The normalized spacial score (nSPS) is 24.8. The minimum absolute atomic E-state index is 0.0509. The van der Waals surface area contributed by atoms with Gasteiger partial charge in [-0.3, -0.25) is 9.69 Å². The topological polar surface area (TPSA) is 59.1 Å². The number of carbonyl (C=O) groups is 2. The van der Waals surface area contributed by atoms with Crippen molar-refractivity contribution in [3.05, 3.63) is 0 Å². The summed E-state index contributed by atoms with van der Waals surface area (Å²) in [5.74, 6) is 0.461. The van der Waals surface area contributed by atoms with Crippen LogP contribution in [-0.2, 0) is 14.3 Å². The van der Waals surface area contributed by atoms with Crippen LogP contribution < -0.4 is 0 Å². The van der Waals surface area contributed by atoms with Crippen molar-refractivity contribution in [3.8, 4) is 0 Å². The minimum Gasteiger partial charge on any atom is -0.444 e. The van der Waals surface area contributed by atoms with Gasteiger partial charge >= 0.3 is 6.09 Å².